The Hall–Kier alpha value is -1.74. The molecule has 28 heavy (non-hydrogen) atoms. The maximum Gasteiger partial charge on any atom is 0.262 e. The molecular formula is C19H23ClN2O4S2. The monoisotopic (exact) mass is 442 g/mol. The van der Waals surface area contributed by atoms with Crippen LogP contribution < -0.4 is 14.8 Å². The molecule has 0 spiro atoms. The molecule has 2 aromatic rings. The number of anilines is 1. The van der Waals surface area contributed by atoms with Gasteiger partial charge in [-0.25, -0.2) is 13.1 Å². The summed E-state index contributed by atoms with van der Waals surface area (Å²) in [6.07, 6.45) is 3.60. The second-order valence-corrected chi connectivity index (χ2v) is 8.97. The number of carbonyl (C=O) groups excluding carboxylic acids is 1. The SMILES string of the molecule is CCCCNS(=O)(=O)c1ccc(OCC(=O)Nc2cccc(SC)c2)c(Cl)c1. The topological polar surface area (TPSA) is 84.5 Å². The van der Waals surface area contributed by atoms with Crippen LogP contribution in [0.3, 0.4) is 0 Å². The summed E-state index contributed by atoms with van der Waals surface area (Å²) >= 11 is 7.71. The van der Waals surface area contributed by atoms with Crippen molar-refractivity contribution in [3.8, 4) is 5.75 Å². The molecule has 0 aromatic heterocycles. The first kappa shape index (κ1) is 22.5. The van der Waals surface area contributed by atoms with Crippen molar-refractivity contribution in [1.82, 2.24) is 4.72 Å². The van der Waals surface area contributed by atoms with Gasteiger partial charge < -0.3 is 10.1 Å². The highest BCUT2D eigenvalue weighted by Crippen LogP contribution is 2.27. The number of unbranched alkanes of at least 4 members (excludes halogenated alkanes) is 1. The standard InChI is InChI=1S/C19H23ClN2O4S2/c1-3-4-10-21-28(24,25)16-8-9-18(17(20)12-16)26-13-19(23)22-14-6-5-7-15(11-14)27-2/h5-9,11-12,21H,3-4,10,13H2,1-2H3,(H,22,23). The van der Waals surface area contributed by atoms with E-state index in [9.17, 15) is 13.2 Å². The summed E-state index contributed by atoms with van der Waals surface area (Å²) in [5, 5.41) is 2.87. The van der Waals surface area contributed by atoms with E-state index in [-0.39, 0.29) is 28.2 Å². The fourth-order valence-electron chi connectivity index (χ4n) is 2.27. The van der Waals surface area contributed by atoms with Gasteiger partial charge in [0.25, 0.3) is 5.91 Å². The second kappa shape index (κ2) is 10.7. The van der Waals surface area contributed by atoms with Crippen LogP contribution in [-0.2, 0) is 14.8 Å². The highest BCUT2D eigenvalue weighted by Gasteiger charge is 2.16. The molecule has 2 aromatic carbocycles. The maximum atomic E-state index is 12.2. The molecule has 2 N–H and O–H groups in total. The molecule has 0 radical (unpaired) electrons. The molecule has 0 heterocycles. The molecule has 0 fully saturated rings. The molecule has 2 rings (SSSR count). The first-order valence-corrected chi connectivity index (χ1v) is 11.8. The van der Waals surface area contributed by atoms with E-state index >= 15 is 0 Å². The number of benzene rings is 2. The molecule has 0 aliphatic carbocycles. The number of amides is 1. The Kier molecular flexibility index (Phi) is 8.62. The Labute approximate surface area is 175 Å². The van der Waals surface area contributed by atoms with Crippen molar-refractivity contribution in [2.45, 2.75) is 29.6 Å². The number of carbonyl (C=O) groups is 1. The average Bonchev–Trinajstić information content (AvgIpc) is 2.67. The zero-order valence-electron chi connectivity index (χ0n) is 15.7. The minimum absolute atomic E-state index is 0.0549. The molecule has 0 bridgehead atoms. The number of hydrogen-bond donors (Lipinski definition) is 2. The molecule has 9 heteroatoms. The van der Waals surface area contributed by atoms with Gasteiger partial charge in [-0.2, -0.15) is 0 Å². The number of thioether (sulfide) groups is 1. The Morgan fingerprint density at radius 2 is 2.00 bits per heavy atom. The van der Waals surface area contributed by atoms with Crippen molar-refractivity contribution in [3.63, 3.8) is 0 Å². The summed E-state index contributed by atoms with van der Waals surface area (Å²) in [5.74, 6) is -0.102. The van der Waals surface area contributed by atoms with E-state index in [1.165, 1.54) is 18.2 Å². The molecular weight excluding hydrogens is 420 g/mol. The van der Waals surface area contributed by atoms with Crippen LogP contribution in [0.15, 0.2) is 52.3 Å². The summed E-state index contributed by atoms with van der Waals surface area (Å²) in [6.45, 7) is 2.10. The van der Waals surface area contributed by atoms with Gasteiger partial charge in [-0.15, -0.1) is 11.8 Å². The third-order valence-electron chi connectivity index (χ3n) is 3.75. The maximum absolute atomic E-state index is 12.2. The number of rotatable bonds is 10. The van der Waals surface area contributed by atoms with Crippen LogP contribution in [0.2, 0.25) is 5.02 Å². The molecule has 6 nitrogen and oxygen atoms in total. The Bertz CT molecular complexity index is 920. The van der Waals surface area contributed by atoms with Crippen molar-refractivity contribution in [2.24, 2.45) is 0 Å². The third-order valence-corrected chi connectivity index (χ3v) is 6.23. The van der Waals surface area contributed by atoms with Gasteiger partial charge in [0, 0.05) is 17.1 Å². The molecule has 0 saturated carbocycles. The molecule has 0 aliphatic rings. The van der Waals surface area contributed by atoms with Gasteiger partial charge in [-0.1, -0.05) is 31.0 Å². The van der Waals surface area contributed by atoms with Crippen LogP contribution in [0.5, 0.6) is 5.75 Å². The van der Waals surface area contributed by atoms with Crippen molar-refractivity contribution in [1.29, 1.82) is 0 Å². The Morgan fingerprint density at radius 1 is 1.21 bits per heavy atom. The Balaban J connectivity index is 1.96. The zero-order valence-corrected chi connectivity index (χ0v) is 18.1. The number of hydrogen-bond acceptors (Lipinski definition) is 5. The lowest BCUT2D eigenvalue weighted by atomic mass is 10.3. The van der Waals surface area contributed by atoms with Crippen LogP contribution in [-0.4, -0.2) is 33.7 Å². The van der Waals surface area contributed by atoms with Gasteiger partial charge in [-0.05, 0) is 49.1 Å². The van der Waals surface area contributed by atoms with Gasteiger partial charge >= 0.3 is 0 Å². The number of ether oxygens (including phenoxy) is 1. The molecule has 1 amide bonds. The van der Waals surface area contributed by atoms with E-state index in [1.54, 1.807) is 17.8 Å². The van der Waals surface area contributed by atoms with Crippen LogP contribution in [0, 0.1) is 0 Å². The smallest absolute Gasteiger partial charge is 0.262 e. The van der Waals surface area contributed by atoms with Crippen molar-refractivity contribution in [3.05, 3.63) is 47.5 Å². The minimum atomic E-state index is -3.62. The summed E-state index contributed by atoms with van der Waals surface area (Å²) in [4.78, 5) is 13.2. The van der Waals surface area contributed by atoms with Crippen LogP contribution in [0.4, 0.5) is 5.69 Å². The van der Waals surface area contributed by atoms with Gasteiger partial charge in [0.15, 0.2) is 6.61 Å². The minimum Gasteiger partial charge on any atom is -0.482 e. The van der Waals surface area contributed by atoms with Crippen LogP contribution >= 0.6 is 23.4 Å². The predicted molar refractivity (Wildman–Crippen MR) is 114 cm³/mol. The summed E-state index contributed by atoms with van der Waals surface area (Å²) < 4.78 is 32.4. The summed E-state index contributed by atoms with van der Waals surface area (Å²) in [5.41, 5.74) is 0.672. The molecule has 0 aliphatic heterocycles. The van der Waals surface area contributed by atoms with Crippen LogP contribution in [0.1, 0.15) is 19.8 Å². The van der Waals surface area contributed by atoms with Gasteiger partial charge in [0.2, 0.25) is 10.0 Å². The summed E-state index contributed by atoms with van der Waals surface area (Å²) in [6, 6.07) is 11.6. The van der Waals surface area contributed by atoms with Crippen molar-refractivity contribution in [2.75, 3.05) is 24.7 Å². The van der Waals surface area contributed by atoms with E-state index in [0.717, 1.165) is 17.7 Å². The number of halogens is 1. The fourth-order valence-corrected chi connectivity index (χ4v) is 4.13. The normalized spacial score (nSPS) is 11.2. The molecule has 0 atom stereocenters. The van der Waals surface area contributed by atoms with Gasteiger partial charge in [-0.3, -0.25) is 4.79 Å². The highest BCUT2D eigenvalue weighted by atomic mass is 35.5. The first-order valence-electron chi connectivity index (χ1n) is 8.71. The van der Waals surface area contributed by atoms with Gasteiger partial charge in [0.1, 0.15) is 5.75 Å². The van der Waals surface area contributed by atoms with Crippen molar-refractivity contribution < 1.29 is 17.9 Å². The molecule has 152 valence electrons. The third kappa shape index (κ3) is 6.70. The highest BCUT2D eigenvalue weighted by molar-refractivity contribution is 7.98. The van der Waals surface area contributed by atoms with E-state index in [4.69, 9.17) is 16.3 Å². The lowest BCUT2D eigenvalue weighted by Crippen LogP contribution is -2.24. The predicted octanol–water partition coefficient (Wildman–Crippen LogP) is 4.16. The lowest BCUT2D eigenvalue weighted by Gasteiger charge is -2.11. The molecule has 0 unspecified atom stereocenters. The number of nitrogens with one attached hydrogen (secondary N) is 2. The molecule has 0 saturated heterocycles. The van der Waals surface area contributed by atoms with Gasteiger partial charge in [0.05, 0.1) is 9.92 Å². The summed E-state index contributed by atoms with van der Waals surface area (Å²) in [7, 11) is -3.62. The number of sulfonamides is 1. The largest absolute Gasteiger partial charge is 0.482 e. The first-order chi connectivity index (χ1) is 13.4. The zero-order chi connectivity index (χ0) is 20.6. The van der Waals surface area contributed by atoms with Crippen LogP contribution in [0.25, 0.3) is 0 Å². The second-order valence-electron chi connectivity index (χ2n) is 5.91. The van der Waals surface area contributed by atoms with E-state index < -0.39 is 10.0 Å². The quantitative estimate of drug-likeness (QED) is 0.426. The fraction of sp³-hybridized carbons (Fsp3) is 0.316. The van der Waals surface area contributed by atoms with E-state index in [1.807, 2.05) is 31.4 Å². The Morgan fingerprint density at radius 3 is 2.68 bits per heavy atom. The van der Waals surface area contributed by atoms with Crippen molar-refractivity contribution >= 4 is 45.0 Å². The van der Waals surface area contributed by atoms with E-state index in [2.05, 4.69) is 10.0 Å². The lowest BCUT2D eigenvalue weighted by molar-refractivity contribution is -0.118. The van der Waals surface area contributed by atoms with E-state index in [0.29, 0.717) is 12.2 Å². The average molecular weight is 443 g/mol.